The molecule has 0 atom stereocenters. The Kier molecular flexibility index (Phi) is 4.23. The number of nitrogens with two attached hydrogens (primary N) is 1. The molecule has 1 aromatic carbocycles. The highest BCUT2D eigenvalue weighted by atomic mass is 16.5. The van der Waals surface area contributed by atoms with Gasteiger partial charge in [0.15, 0.2) is 0 Å². The molecule has 0 unspecified atom stereocenters. The number of hydrogen-bond donors (Lipinski definition) is 1. The molecule has 0 saturated carbocycles. The predicted octanol–water partition coefficient (Wildman–Crippen LogP) is 0.776. The summed E-state index contributed by atoms with van der Waals surface area (Å²) in [7, 11) is 1.70. The van der Waals surface area contributed by atoms with Crippen molar-refractivity contribution in [3.8, 4) is 5.75 Å². The zero-order valence-corrected chi connectivity index (χ0v) is 10.4. The first kappa shape index (κ1) is 12.2. The fraction of sp³-hybridized carbons (Fsp3) is 0.538. The molecule has 1 aromatic rings. The Morgan fingerprint density at radius 1 is 1.12 bits per heavy atom. The molecule has 0 radical (unpaired) electrons. The molecular formula is C13H21N3O. The van der Waals surface area contributed by atoms with Gasteiger partial charge in [-0.3, -0.25) is 4.90 Å². The van der Waals surface area contributed by atoms with E-state index in [1.807, 2.05) is 12.1 Å². The second kappa shape index (κ2) is 5.89. The summed E-state index contributed by atoms with van der Waals surface area (Å²) in [5, 5.41) is 0. The van der Waals surface area contributed by atoms with E-state index >= 15 is 0 Å². The quantitative estimate of drug-likeness (QED) is 0.837. The van der Waals surface area contributed by atoms with Crippen LogP contribution < -0.4 is 15.4 Å². The zero-order valence-electron chi connectivity index (χ0n) is 10.4. The lowest BCUT2D eigenvalue weighted by atomic mass is 10.2. The lowest BCUT2D eigenvalue weighted by Gasteiger charge is -2.35. The van der Waals surface area contributed by atoms with Gasteiger partial charge in [-0.25, -0.2) is 0 Å². The van der Waals surface area contributed by atoms with E-state index in [4.69, 9.17) is 10.5 Å². The van der Waals surface area contributed by atoms with Crippen molar-refractivity contribution in [3.63, 3.8) is 0 Å². The topological polar surface area (TPSA) is 41.7 Å². The van der Waals surface area contributed by atoms with E-state index in [0.717, 1.165) is 45.0 Å². The molecule has 1 saturated heterocycles. The minimum Gasteiger partial charge on any atom is -0.497 e. The van der Waals surface area contributed by atoms with Gasteiger partial charge in [0.1, 0.15) is 5.75 Å². The van der Waals surface area contributed by atoms with Gasteiger partial charge in [-0.1, -0.05) is 0 Å². The first-order valence-electron chi connectivity index (χ1n) is 6.15. The largest absolute Gasteiger partial charge is 0.497 e. The number of hydrogen-bond acceptors (Lipinski definition) is 4. The monoisotopic (exact) mass is 235 g/mol. The van der Waals surface area contributed by atoms with Crippen LogP contribution in [0.5, 0.6) is 5.75 Å². The van der Waals surface area contributed by atoms with Crippen molar-refractivity contribution >= 4 is 5.69 Å². The number of piperazine rings is 1. The van der Waals surface area contributed by atoms with Crippen LogP contribution in [0, 0.1) is 0 Å². The molecule has 2 rings (SSSR count). The second-order valence-electron chi connectivity index (χ2n) is 4.32. The normalized spacial score (nSPS) is 17.2. The van der Waals surface area contributed by atoms with Gasteiger partial charge >= 0.3 is 0 Å². The molecule has 1 heterocycles. The van der Waals surface area contributed by atoms with Gasteiger partial charge in [0, 0.05) is 45.0 Å². The molecule has 2 N–H and O–H groups in total. The molecule has 1 aliphatic heterocycles. The number of nitrogens with zero attached hydrogens (tertiary/aromatic N) is 2. The molecule has 17 heavy (non-hydrogen) atoms. The average molecular weight is 235 g/mol. The number of methoxy groups -OCH3 is 1. The number of ether oxygens (including phenoxy) is 1. The lowest BCUT2D eigenvalue weighted by molar-refractivity contribution is 0.265. The van der Waals surface area contributed by atoms with Gasteiger partial charge in [0.05, 0.1) is 7.11 Å². The Bertz CT molecular complexity index is 331. The van der Waals surface area contributed by atoms with Gasteiger partial charge in [0.25, 0.3) is 0 Å². The molecule has 0 amide bonds. The molecule has 1 fully saturated rings. The van der Waals surface area contributed by atoms with Crippen molar-refractivity contribution in [2.45, 2.75) is 0 Å². The van der Waals surface area contributed by atoms with Gasteiger partial charge < -0.3 is 15.4 Å². The summed E-state index contributed by atoms with van der Waals surface area (Å²) < 4.78 is 5.16. The lowest BCUT2D eigenvalue weighted by Crippen LogP contribution is -2.47. The van der Waals surface area contributed by atoms with Gasteiger partial charge in [0.2, 0.25) is 0 Å². The van der Waals surface area contributed by atoms with Gasteiger partial charge in [-0.05, 0) is 24.3 Å². The standard InChI is InChI=1S/C13H21N3O/c1-17-13-4-2-12(3-5-13)16-10-8-15(7-6-14)9-11-16/h2-5H,6-11,14H2,1H3. The van der Waals surface area contributed by atoms with Gasteiger partial charge in [-0.15, -0.1) is 0 Å². The molecule has 4 nitrogen and oxygen atoms in total. The number of anilines is 1. The Balaban J connectivity index is 1.91. The van der Waals surface area contributed by atoms with Crippen LogP contribution in [0.25, 0.3) is 0 Å². The molecule has 0 bridgehead atoms. The minimum absolute atomic E-state index is 0.753. The van der Waals surface area contributed by atoms with E-state index < -0.39 is 0 Å². The first-order chi connectivity index (χ1) is 8.33. The zero-order chi connectivity index (χ0) is 12.1. The van der Waals surface area contributed by atoms with Crippen molar-refractivity contribution in [1.82, 2.24) is 4.90 Å². The summed E-state index contributed by atoms with van der Waals surface area (Å²) in [4.78, 5) is 4.83. The Morgan fingerprint density at radius 2 is 1.76 bits per heavy atom. The number of benzene rings is 1. The van der Waals surface area contributed by atoms with Crippen LogP contribution in [0.1, 0.15) is 0 Å². The van der Waals surface area contributed by atoms with Crippen molar-refractivity contribution in [2.24, 2.45) is 5.73 Å². The Labute approximate surface area is 103 Å². The van der Waals surface area contributed by atoms with E-state index in [-0.39, 0.29) is 0 Å². The smallest absolute Gasteiger partial charge is 0.119 e. The van der Waals surface area contributed by atoms with Crippen molar-refractivity contribution in [3.05, 3.63) is 24.3 Å². The van der Waals surface area contributed by atoms with Crippen LogP contribution in [0.3, 0.4) is 0 Å². The highest BCUT2D eigenvalue weighted by Gasteiger charge is 2.16. The maximum Gasteiger partial charge on any atom is 0.119 e. The third-order valence-corrected chi connectivity index (χ3v) is 3.26. The maximum absolute atomic E-state index is 5.57. The SMILES string of the molecule is COc1ccc(N2CCN(CCN)CC2)cc1. The van der Waals surface area contributed by atoms with Crippen LogP contribution in [0.2, 0.25) is 0 Å². The van der Waals surface area contributed by atoms with Crippen LogP contribution in [-0.2, 0) is 0 Å². The summed E-state index contributed by atoms with van der Waals surface area (Å²) in [5.41, 5.74) is 6.84. The fourth-order valence-electron chi connectivity index (χ4n) is 2.21. The van der Waals surface area contributed by atoms with Crippen LogP contribution in [0.15, 0.2) is 24.3 Å². The molecule has 94 valence electrons. The molecular weight excluding hydrogens is 214 g/mol. The van der Waals surface area contributed by atoms with Crippen LogP contribution in [0.4, 0.5) is 5.69 Å². The van der Waals surface area contributed by atoms with Crippen molar-refractivity contribution < 1.29 is 4.74 Å². The van der Waals surface area contributed by atoms with Gasteiger partial charge in [-0.2, -0.15) is 0 Å². The number of rotatable bonds is 4. The van der Waals surface area contributed by atoms with Crippen molar-refractivity contribution in [2.75, 3.05) is 51.3 Å². The third-order valence-electron chi connectivity index (χ3n) is 3.26. The first-order valence-corrected chi connectivity index (χ1v) is 6.15. The summed E-state index contributed by atoms with van der Waals surface area (Å²) in [5.74, 6) is 0.913. The van der Waals surface area contributed by atoms with E-state index in [1.165, 1.54) is 5.69 Å². The maximum atomic E-state index is 5.57. The third kappa shape index (κ3) is 3.11. The summed E-state index contributed by atoms with van der Waals surface area (Å²) in [6.07, 6.45) is 0. The average Bonchev–Trinajstić information content (AvgIpc) is 2.40. The predicted molar refractivity (Wildman–Crippen MR) is 70.7 cm³/mol. The highest BCUT2D eigenvalue weighted by Crippen LogP contribution is 2.20. The molecule has 0 aliphatic carbocycles. The molecule has 4 heteroatoms. The fourth-order valence-corrected chi connectivity index (χ4v) is 2.21. The van der Waals surface area contributed by atoms with Crippen molar-refractivity contribution in [1.29, 1.82) is 0 Å². The van der Waals surface area contributed by atoms with E-state index in [0.29, 0.717) is 0 Å². The van der Waals surface area contributed by atoms with Crippen LogP contribution in [-0.4, -0.2) is 51.3 Å². The second-order valence-corrected chi connectivity index (χ2v) is 4.32. The van der Waals surface area contributed by atoms with E-state index in [2.05, 4.69) is 21.9 Å². The Morgan fingerprint density at radius 3 is 2.29 bits per heavy atom. The van der Waals surface area contributed by atoms with E-state index in [9.17, 15) is 0 Å². The minimum atomic E-state index is 0.753. The Hall–Kier alpha value is -1.26. The summed E-state index contributed by atoms with van der Waals surface area (Å²) >= 11 is 0. The molecule has 1 aliphatic rings. The van der Waals surface area contributed by atoms with Crippen LogP contribution >= 0.6 is 0 Å². The molecule has 0 aromatic heterocycles. The van der Waals surface area contributed by atoms with E-state index in [1.54, 1.807) is 7.11 Å². The molecule has 0 spiro atoms. The summed E-state index contributed by atoms with van der Waals surface area (Å²) in [6.45, 7) is 6.12. The highest BCUT2D eigenvalue weighted by molar-refractivity contribution is 5.49. The summed E-state index contributed by atoms with van der Waals surface area (Å²) in [6, 6.07) is 8.28.